The second-order valence-corrected chi connectivity index (χ2v) is 5.64. The van der Waals surface area contributed by atoms with E-state index in [1.807, 2.05) is 31.2 Å². The second-order valence-electron chi connectivity index (χ2n) is 5.64. The standard InChI is InChI=1S/C18H19N3O3/c1-12-5-3-4-6-13(12)10-19-17(22)11-20-18(23)15-9-16-14(21(15)2)7-8-24-16/h3-9H,10-11H2,1-2H3,(H,19,22)(H,20,23). The van der Waals surface area contributed by atoms with Crippen LogP contribution < -0.4 is 10.6 Å². The number of carbonyl (C=O) groups excluding carboxylic acids is 2. The Labute approximate surface area is 139 Å². The monoisotopic (exact) mass is 325 g/mol. The summed E-state index contributed by atoms with van der Waals surface area (Å²) in [6, 6.07) is 11.3. The maximum atomic E-state index is 12.2. The molecule has 0 aliphatic carbocycles. The van der Waals surface area contributed by atoms with Gasteiger partial charge >= 0.3 is 0 Å². The fourth-order valence-electron chi connectivity index (χ4n) is 2.58. The maximum absolute atomic E-state index is 12.2. The number of carbonyl (C=O) groups is 2. The van der Waals surface area contributed by atoms with E-state index < -0.39 is 0 Å². The van der Waals surface area contributed by atoms with Crippen molar-refractivity contribution in [1.29, 1.82) is 0 Å². The van der Waals surface area contributed by atoms with E-state index in [2.05, 4.69) is 10.6 Å². The molecule has 124 valence electrons. The smallest absolute Gasteiger partial charge is 0.268 e. The number of hydrogen-bond donors (Lipinski definition) is 2. The summed E-state index contributed by atoms with van der Waals surface area (Å²) in [5, 5.41) is 5.43. The maximum Gasteiger partial charge on any atom is 0.268 e. The number of nitrogens with zero attached hydrogens (tertiary/aromatic N) is 1. The zero-order chi connectivity index (χ0) is 17.1. The molecule has 24 heavy (non-hydrogen) atoms. The van der Waals surface area contributed by atoms with Gasteiger partial charge in [-0.3, -0.25) is 9.59 Å². The summed E-state index contributed by atoms with van der Waals surface area (Å²) in [5.74, 6) is -0.542. The van der Waals surface area contributed by atoms with E-state index >= 15 is 0 Å². The Balaban J connectivity index is 1.54. The van der Waals surface area contributed by atoms with Crippen molar-refractivity contribution in [2.75, 3.05) is 6.54 Å². The van der Waals surface area contributed by atoms with Crippen LogP contribution >= 0.6 is 0 Å². The van der Waals surface area contributed by atoms with E-state index in [0.717, 1.165) is 16.6 Å². The van der Waals surface area contributed by atoms with E-state index in [4.69, 9.17) is 4.42 Å². The molecular formula is C18H19N3O3. The van der Waals surface area contributed by atoms with Crippen LogP contribution in [0.1, 0.15) is 21.6 Å². The molecule has 0 unspecified atom stereocenters. The predicted molar refractivity (Wildman–Crippen MR) is 90.5 cm³/mol. The first-order valence-corrected chi connectivity index (χ1v) is 7.68. The van der Waals surface area contributed by atoms with E-state index in [1.54, 1.807) is 30.0 Å². The number of rotatable bonds is 5. The molecule has 3 aromatic rings. The van der Waals surface area contributed by atoms with Crippen LogP contribution in [0, 0.1) is 6.92 Å². The van der Waals surface area contributed by atoms with Crippen molar-refractivity contribution in [3.05, 3.63) is 59.5 Å². The largest absolute Gasteiger partial charge is 0.463 e. The van der Waals surface area contributed by atoms with Gasteiger partial charge in [-0.05, 0) is 18.1 Å². The van der Waals surface area contributed by atoms with Gasteiger partial charge in [0.25, 0.3) is 5.91 Å². The first kappa shape index (κ1) is 15.9. The topological polar surface area (TPSA) is 76.3 Å². The number of furan rings is 1. The van der Waals surface area contributed by atoms with Crippen LogP contribution in [0.5, 0.6) is 0 Å². The van der Waals surface area contributed by atoms with Gasteiger partial charge in [-0.2, -0.15) is 0 Å². The normalized spacial score (nSPS) is 10.8. The molecular weight excluding hydrogens is 306 g/mol. The molecule has 0 aliphatic rings. The Hall–Kier alpha value is -3.02. The molecule has 2 heterocycles. The molecule has 0 spiro atoms. The van der Waals surface area contributed by atoms with Crippen LogP contribution in [0.15, 0.2) is 47.1 Å². The van der Waals surface area contributed by atoms with E-state index in [9.17, 15) is 9.59 Å². The van der Waals surface area contributed by atoms with Crippen molar-refractivity contribution in [2.45, 2.75) is 13.5 Å². The lowest BCUT2D eigenvalue weighted by atomic mass is 10.1. The summed E-state index contributed by atoms with van der Waals surface area (Å²) in [7, 11) is 1.78. The summed E-state index contributed by atoms with van der Waals surface area (Å²) in [6.07, 6.45) is 1.57. The molecule has 0 bridgehead atoms. The second kappa shape index (κ2) is 6.62. The Morgan fingerprint density at radius 1 is 1.17 bits per heavy atom. The van der Waals surface area contributed by atoms with Gasteiger partial charge < -0.3 is 19.6 Å². The average Bonchev–Trinajstić information content (AvgIpc) is 3.15. The minimum atomic E-state index is -0.310. The van der Waals surface area contributed by atoms with Gasteiger partial charge in [0.1, 0.15) is 5.69 Å². The number of aryl methyl sites for hydroxylation is 2. The molecule has 0 radical (unpaired) electrons. The minimum Gasteiger partial charge on any atom is -0.463 e. The van der Waals surface area contributed by atoms with Gasteiger partial charge in [0.05, 0.1) is 18.3 Å². The summed E-state index contributed by atoms with van der Waals surface area (Å²) in [6.45, 7) is 2.37. The number of amides is 2. The van der Waals surface area contributed by atoms with E-state index in [-0.39, 0.29) is 18.4 Å². The van der Waals surface area contributed by atoms with Crippen molar-refractivity contribution in [3.8, 4) is 0 Å². The highest BCUT2D eigenvalue weighted by molar-refractivity contribution is 5.99. The Morgan fingerprint density at radius 3 is 2.71 bits per heavy atom. The lowest BCUT2D eigenvalue weighted by Gasteiger charge is -2.09. The average molecular weight is 325 g/mol. The lowest BCUT2D eigenvalue weighted by molar-refractivity contribution is -0.120. The Morgan fingerprint density at radius 2 is 1.96 bits per heavy atom. The van der Waals surface area contributed by atoms with Gasteiger partial charge in [-0.1, -0.05) is 24.3 Å². The molecule has 1 aromatic carbocycles. The predicted octanol–water partition coefficient (Wildman–Crippen LogP) is 2.13. The third-order valence-corrected chi connectivity index (χ3v) is 4.04. The van der Waals surface area contributed by atoms with Crippen LogP contribution in [-0.2, 0) is 18.4 Å². The van der Waals surface area contributed by atoms with Crippen molar-refractivity contribution in [2.24, 2.45) is 7.05 Å². The third kappa shape index (κ3) is 3.17. The molecule has 2 N–H and O–H groups in total. The van der Waals surface area contributed by atoms with Gasteiger partial charge in [-0.15, -0.1) is 0 Å². The molecule has 2 aromatic heterocycles. The lowest BCUT2D eigenvalue weighted by Crippen LogP contribution is -2.37. The Kier molecular flexibility index (Phi) is 4.37. The highest BCUT2D eigenvalue weighted by atomic mass is 16.3. The van der Waals surface area contributed by atoms with Crippen LogP contribution in [0.2, 0.25) is 0 Å². The van der Waals surface area contributed by atoms with Gasteiger partial charge in [-0.25, -0.2) is 0 Å². The fraction of sp³-hybridized carbons (Fsp3) is 0.222. The first-order valence-electron chi connectivity index (χ1n) is 7.68. The molecule has 6 heteroatoms. The molecule has 6 nitrogen and oxygen atoms in total. The van der Waals surface area contributed by atoms with Crippen molar-refractivity contribution in [1.82, 2.24) is 15.2 Å². The zero-order valence-corrected chi connectivity index (χ0v) is 13.6. The van der Waals surface area contributed by atoms with Gasteiger partial charge in [0.15, 0.2) is 5.58 Å². The molecule has 0 atom stereocenters. The Bertz CT molecular complexity index is 892. The number of aromatic nitrogens is 1. The van der Waals surface area contributed by atoms with E-state index in [1.165, 1.54) is 0 Å². The highest BCUT2D eigenvalue weighted by Gasteiger charge is 2.15. The van der Waals surface area contributed by atoms with Crippen molar-refractivity contribution in [3.63, 3.8) is 0 Å². The quantitative estimate of drug-likeness (QED) is 0.754. The highest BCUT2D eigenvalue weighted by Crippen LogP contribution is 2.19. The van der Waals surface area contributed by atoms with Crippen LogP contribution in [-0.4, -0.2) is 22.9 Å². The molecule has 3 rings (SSSR count). The van der Waals surface area contributed by atoms with E-state index in [0.29, 0.717) is 17.8 Å². The number of benzene rings is 1. The number of nitrogens with one attached hydrogen (secondary N) is 2. The van der Waals surface area contributed by atoms with Crippen LogP contribution in [0.4, 0.5) is 0 Å². The van der Waals surface area contributed by atoms with Crippen molar-refractivity contribution < 1.29 is 14.0 Å². The minimum absolute atomic E-state index is 0.0722. The SMILES string of the molecule is Cc1ccccc1CNC(=O)CNC(=O)c1cc2occc2n1C. The molecule has 0 aliphatic heterocycles. The van der Waals surface area contributed by atoms with Gasteiger partial charge in [0, 0.05) is 25.7 Å². The molecule has 0 saturated heterocycles. The summed E-state index contributed by atoms with van der Waals surface area (Å²) >= 11 is 0. The van der Waals surface area contributed by atoms with Crippen LogP contribution in [0.25, 0.3) is 11.1 Å². The zero-order valence-electron chi connectivity index (χ0n) is 13.6. The van der Waals surface area contributed by atoms with Crippen molar-refractivity contribution >= 4 is 22.9 Å². The molecule has 2 amide bonds. The molecule has 0 saturated carbocycles. The summed E-state index contributed by atoms with van der Waals surface area (Å²) in [4.78, 5) is 24.1. The molecule has 0 fully saturated rings. The summed E-state index contributed by atoms with van der Waals surface area (Å²) < 4.78 is 7.01. The third-order valence-electron chi connectivity index (χ3n) is 4.04. The first-order chi connectivity index (χ1) is 11.6. The fourth-order valence-corrected chi connectivity index (χ4v) is 2.58. The number of fused-ring (bicyclic) bond motifs is 1. The number of hydrogen-bond acceptors (Lipinski definition) is 3. The van der Waals surface area contributed by atoms with Gasteiger partial charge in [0.2, 0.25) is 5.91 Å². The summed E-state index contributed by atoms with van der Waals surface area (Å²) in [5.41, 5.74) is 4.11. The van der Waals surface area contributed by atoms with Crippen LogP contribution in [0.3, 0.4) is 0 Å².